The normalized spacial score (nSPS) is 11.8. The number of aliphatic carboxylic acids is 1. The Kier molecular flexibility index (Phi) is 5.23. The molecule has 0 spiro atoms. The lowest BCUT2D eigenvalue weighted by Gasteiger charge is -2.11. The molecule has 0 aliphatic heterocycles. The summed E-state index contributed by atoms with van der Waals surface area (Å²) < 4.78 is 4.47. The Bertz CT molecular complexity index is 240. The zero-order valence-corrected chi connectivity index (χ0v) is 7.65. The number of ether oxygens (including phenoxy) is 1. The van der Waals surface area contributed by atoms with Crippen LogP contribution in [0.1, 0.15) is 6.42 Å². The molecule has 0 unspecified atom stereocenters. The van der Waals surface area contributed by atoms with Crippen LogP contribution >= 0.6 is 0 Å². The van der Waals surface area contributed by atoms with E-state index in [-0.39, 0.29) is 6.61 Å². The Balaban J connectivity index is 4.16. The molecule has 0 rings (SSSR count). The van der Waals surface area contributed by atoms with Gasteiger partial charge in [-0.15, -0.1) is 0 Å². The van der Waals surface area contributed by atoms with Crippen LogP contribution in [0.3, 0.4) is 0 Å². The first-order valence-electron chi connectivity index (χ1n) is 3.76. The molecule has 14 heavy (non-hydrogen) atoms. The van der Waals surface area contributed by atoms with Gasteiger partial charge < -0.3 is 20.9 Å². The first-order valence-corrected chi connectivity index (χ1v) is 3.76. The zero-order chi connectivity index (χ0) is 11.1. The van der Waals surface area contributed by atoms with Crippen molar-refractivity contribution in [1.82, 2.24) is 5.32 Å². The van der Waals surface area contributed by atoms with Gasteiger partial charge in [0.05, 0.1) is 6.42 Å². The van der Waals surface area contributed by atoms with E-state index in [1.807, 2.05) is 0 Å². The smallest absolute Gasteiger partial charge is 0.326 e. The number of rotatable bonds is 6. The molecule has 0 bridgehead atoms. The minimum atomic E-state index is -1.31. The lowest BCUT2D eigenvalue weighted by atomic mass is 10.2. The molecule has 0 aromatic rings. The molecule has 0 saturated heterocycles. The van der Waals surface area contributed by atoms with Crippen molar-refractivity contribution in [3.63, 3.8) is 0 Å². The van der Waals surface area contributed by atoms with Gasteiger partial charge in [0.25, 0.3) is 0 Å². The minimum absolute atomic E-state index is 0.261. The molecular formula is C7H12N2O5. The highest BCUT2D eigenvalue weighted by Crippen LogP contribution is 1.91. The zero-order valence-electron chi connectivity index (χ0n) is 7.65. The average molecular weight is 204 g/mol. The number of carboxylic acids is 1. The molecule has 0 aromatic heterocycles. The fraction of sp³-hybridized carbons (Fsp3) is 0.571. The SMILES string of the molecule is COCC(=O)N[C@H](CC(N)=O)C(=O)O. The third-order valence-electron chi connectivity index (χ3n) is 1.31. The number of carboxylic acid groups (broad SMARTS) is 1. The molecule has 2 amide bonds. The highest BCUT2D eigenvalue weighted by atomic mass is 16.5. The largest absolute Gasteiger partial charge is 0.480 e. The first kappa shape index (κ1) is 12.4. The maximum atomic E-state index is 10.9. The molecule has 0 heterocycles. The van der Waals surface area contributed by atoms with Crippen LogP contribution in [-0.4, -0.2) is 42.6 Å². The van der Waals surface area contributed by atoms with E-state index in [9.17, 15) is 14.4 Å². The van der Waals surface area contributed by atoms with Crippen LogP contribution in [0, 0.1) is 0 Å². The van der Waals surface area contributed by atoms with E-state index in [0.29, 0.717) is 0 Å². The predicted molar refractivity (Wildman–Crippen MR) is 45.3 cm³/mol. The van der Waals surface area contributed by atoms with E-state index in [1.165, 1.54) is 7.11 Å². The van der Waals surface area contributed by atoms with Crippen molar-refractivity contribution in [2.75, 3.05) is 13.7 Å². The molecule has 7 heteroatoms. The minimum Gasteiger partial charge on any atom is -0.480 e. The molecule has 7 nitrogen and oxygen atoms in total. The van der Waals surface area contributed by atoms with Crippen LogP contribution in [0.5, 0.6) is 0 Å². The summed E-state index contributed by atoms with van der Waals surface area (Å²) in [5, 5.41) is 10.7. The number of methoxy groups -OCH3 is 1. The Morgan fingerprint density at radius 1 is 1.50 bits per heavy atom. The van der Waals surface area contributed by atoms with E-state index in [0.717, 1.165) is 0 Å². The van der Waals surface area contributed by atoms with Gasteiger partial charge in [-0.25, -0.2) is 4.79 Å². The Morgan fingerprint density at radius 3 is 2.43 bits per heavy atom. The monoisotopic (exact) mass is 204 g/mol. The molecule has 0 aliphatic rings. The summed E-state index contributed by atoms with van der Waals surface area (Å²) in [6.07, 6.45) is -0.440. The molecule has 4 N–H and O–H groups in total. The lowest BCUT2D eigenvalue weighted by molar-refractivity contribution is -0.143. The Hall–Kier alpha value is -1.63. The molecule has 0 saturated carbocycles. The summed E-state index contributed by atoms with van der Waals surface area (Å²) in [6.45, 7) is -0.261. The number of carbonyl (C=O) groups excluding carboxylic acids is 2. The van der Waals surface area contributed by atoms with Crippen molar-refractivity contribution in [2.24, 2.45) is 5.73 Å². The second-order valence-corrected chi connectivity index (χ2v) is 2.56. The van der Waals surface area contributed by atoms with Gasteiger partial charge in [0.2, 0.25) is 11.8 Å². The maximum Gasteiger partial charge on any atom is 0.326 e. The number of hydrogen-bond donors (Lipinski definition) is 3. The molecule has 1 atom stereocenters. The Labute approximate surface area is 80.2 Å². The summed E-state index contributed by atoms with van der Waals surface area (Å²) in [5.74, 6) is -2.72. The molecule has 0 fully saturated rings. The summed E-state index contributed by atoms with van der Waals surface area (Å²) in [4.78, 5) is 31.8. The van der Waals surface area contributed by atoms with Crippen LogP contribution < -0.4 is 11.1 Å². The van der Waals surface area contributed by atoms with Gasteiger partial charge in [-0.3, -0.25) is 9.59 Å². The van der Waals surface area contributed by atoms with Crippen LogP contribution in [0.15, 0.2) is 0 Å². The van der Waals surface area contributed by atoms with Gasteiger partial charge in [-0.05, 0) is 0 Å². The summed E-state index contributed by atoms with van der Waals surface area (Å²) in [5.41, 5.74) is 4.80. The fourth-order valence-electron chi connectivity index (χ4n) is 0.768. The number of nitrogens with two attached hydrogens (primary N) is 1. The second kappa shape index (κ2) is 5.92. The van der Waals surface area contributed by atoms with Gasteiger partial charge in [0.15, 0.2) is 0 Å². The van der Waals surface area contributed by atoms with Crippen LogP contribution in [0.4, 0.5) is 0 Å². The highest BCUT2D eigenvalue weighted by molar-refractivity contribution is 5.88. The van der Waals surface area contributed by atoms with Crippen LogP contribution in [0.25, 0.3) is 0 Å². The first-order chi connectivity index (χ1) is 6.47. The standard InChI is InChI=1S/C7H12N2O5/c1-14-3-6(11)9-4(7(12)13)2-5(8)10/h4H,2-3H2,1H3,(H2,8,10)(H,9,11)(H,12,13)/t4-/m1/s1. The third kappa shape index (κ3) is 5.09. The quantitative estimate of drug-likeness (QED) is 0.466. The highest BCUT2D eigenvalue weighted by Gasteiger charge is 2.21. The van der Waals surface area contributed by atoms with E-state index < -0.39 is 30.2 Å². The molecular weight excluding hydrogens is 192 g/mol. The average Bonchev–Trinajstić information content (AvgIpc) is 2.02. The predicted octanol–water partition coefficient (Wildman–Crippen LogP) is -1.92. The van der Waals surface area contributed by atoms with Crippen LogP contribution in [-0.2, 0) is 19.1 Å². The number of hydrogen-bond acceptors (Lipinski definition) is 4. The molecule has 0 radical (unpaired) electrons. The maximum absolute atomic E-state index is 10.9. The van der Waals surface area contributed by atoms with Gasteiger partial charge in [0, 0.05) is 7.11 Å². The van der Waals surface area contributed by atoms with Crippen molar-refractivity contribution in [3.05, 3.63) is 0 Å². The van der Waals surface area contributed by atoms with Crippen molar-refractivity contribution in [1.29, 1.82) is 0 Å². The number of carbonyl (C=O) groups is 3. The Morgan fingerprint density at radius 2 is 2.07 bits per heavy atom. The molecule has 80 valence electrons. The third-order valence-corrected chi connectivity index (χ3v) is 1.31. The van der Waals surface area contributed by atoms with Gasteiger partial charge in [0.1, 0.15) is 12.6 Å². The van der Waals surface area contributed by atoms with Gasteiger partial charge >= 0.3 is 5.97 Å². The fourth-order valence-corrected chi connectivity index (χ4v) is 0.768. The van der Waals surface area contributed by atoms with Crippen molar-refractivity contribution >= 4 is 17.8 Å². The van der Waals surface area contributed by atoms with Crippen molar-refractivity contribution < 1.29 is 24.2 Å². The number of nitrogens with one attached hydrogen (secondary N) is 1. The summed E-state index contributed by atoms with van der Waals surface area (Å²) >= 11 is 0. The van der Waals surface area contributed by atoms with Gasteiger partial charge in [-0.2, -0.15) is 0 Å². The topological polar surface area (TPSA) is 119 Å². The lowest BCUT2D eigenvalue weighted by Crippen LogP contribution is -2.44. The van der Waals surface area contributed by atoms with E-state index >= 15 is 0 Å². The summed E-state index contributed by atoms with van der Waals surface area (Å²) in [6, 6.07) is -1.30. The van der Waals surface area contributed by atoms with E-state index in [1.54, 1.807) is 0 Å². The number of amides is 2. The van der Waals surface area contributed by atoms with Gasteiger partial charge in [-0.1, -0.05) is 0 Å². The number of primary amides is 1. The molecule has 0 aromatic carbocycles. The second-order valence-electron chi connectivity index (χ2n) is 2.56. The van der Waals surface area contributed by atoms with E-state index in [4.69, 9.17) is 10.8 Å². The van der Waals surface area contributed by atoms with Crippen LogP contribution in [0.2, 0.25) is 0 Å². The van der Waals surface area contributed by atoms with Crippen molar-refractivity contribution in [3.8, 4) is 0 Å². The summed E-state index contributed by atoms with van der Waals surface area (Å²) in [7, 11) is 1.30. The molecule has 0 aliphatic carbocycles. The van der Waals surface area contributed by atoms with Crippen molar-refractivity contribution in [2.45, 2.75) is 12.5 Å². The van der Waals surface area contributed by atoms with E-state index in [2.05, 4.69) is 10.1 Å².